The quantitative estimate of drug-likeness (QED) is 0.817. The number of aryl methyl sites for hydroxylation is 2. The summed E-state index contributed by atoms with van der Waals surface area (Å²) in [6, 6.07) is 5.89. The highest BCUT2D eigenvalue weighted by Crippen LogP contribution is 2.29. The number of hydrogen-bond acceptors (Lipinski definition) is 3. The summed E-state index contributed by atoms with van der Waals surface area (Å²) in [6.07, 6.45) is 0.911. The molecule has 0 saturated heterocycles. The van der Waals surface area contributed by atoms with E-state index in [1.54, 1.807) is 7.11 Å². The maximum absolute atomic E-state index is 5.36. The van der Waals surface area contributed by atoms with Crippen molar-refractivity contribution in [1.29, 1.82) is 0 Å². The second-order valence-corrected chi connectivity index (χ2v) is 6.09. The van der Waals surface area contributed by atoms with Crippen LogP contribution in [-0.2, 0) is 20.0 Å². The third-order valence-corrected chi connectivity index (χ3v) is 4.52. The van der Waals surface area contributed by atoms with Gasteiger partial charge in [-0.25, -0.2) is 0 Å². The van der Waals surface area contributed by atoms with Crippen LogP contribution in [0.4, 0.5) is 5.69 Å². The van der Waals surface area contributed by atoms with Crippen LogP contribution in [0.25, 0.3) is 0 Å². The summed E-state index contributed by atoms with van der Waals surface area (Å²) in [5, 5.41) is 7.88. The minimum atomic E-state index is 0.677. The zero-order chi connectivity index (χ0) is 14.7. The molecule has 0 unspecified atom stereocenters. The molecule has 1 aromatic carbocycles. The highest BCUT2D eigenvalue weighted by atomic mass is 79.9. The van der Waals surface area contributed by atoms with Gasteiger partial charge in [0.15, 0.2) is 0 Å². The van der Waals surface area contributed by atoms with Crippen LogP contribution in [0, 0.1) is 0 Å². The van der Waals surface area contributed by atoms with Crippen LogP contribution in [0.15, 0.2) is 27.1 Å². The van der Waals surface area contributed by atoms with Crippen molar-refractivity contribution < 1.29 is 4.74 Å². The SMILES string of the molecule is CCc1nn(C)c(CNc2cc(Br)ccc2OC)c1Br. The van der Waals surface area contributed by atoms with Crippen molar-refractivity contribution in [3.63, 3.8) is 0 Å². The summed E-state index contributed by atoms with van der Waals surface area (Å²) < 4.78 is 9.35. The van der Waals surface area contributed by atoms with E-state index < -0.39 is 0 Å². The first-order chi connectivity index (χ1) is 9.56. The summed E-state index contributed by atoms with van der Waals surface area (Å²) in [7, 11) is 3.63. The first-order valence-electron chi connectivity index (χ1n) is 6.34. The Hall–Kier alpha value is -1.01. The Morgan fingerprint density at radius 2 is 2.10 bits per heavy atom. The number of anilines is 1. The van der Waals surface area contributed by atoms with Crippen LogP contribution in [-0.4, -0.2) is 16.9 Å². The monoisotopic (exact) mass is 401 g/mol. The van der Waals surface area contributed by atoms with E-state index in [1.165, 1.54) is 0 Å². The van der Waals surface area contributed by atoms with Crippen molar-refractivity contribution in [2.75, 3.05) is 12.4 Å². The topological polar surface area (TPSA) is 39.1 Å². The Morgan fingerprint density at radius 3 is 2.70 bits per heavy atom. The van der Waals surface area contributed by atoms with Gasteiger partial charge in [-0.2, -0.15) is 5.10 Å². The van der Waals surface area contributed by atoms with Gasteiger partial charge in [-0.3, -0.25) is 4.68 Å². The zero-order valence-corrected chi connectivity index (χ0v) is 14.9. The summed E-state index contributed by atoms with van der Waals surface area (Å²) in [6.45, 7) is 2.78. The standard InChI is InChI=1S/C14H17Br2N3O/c1-4-10-14(16)12(19(2)18-10)8-17-11-7-9(15)5-6-13(11)20-3/h5-7,17H,4,8H2,1-3H3. The number of ether oxygens (including phenoxy) is 1. The molecule has 2 rings (SSSR count). The van der Waals surface area contributed by atoms with Crippen LogP contribution < -0.4 is 10.1 Å². The van der Waals surface area contributed by atoms with Gasteiger partial charge in [0, 0.05) is 11.5 Å². The Bertz CT molecular complexity index is 611. The molecular formula is C14H17Br2N3O. The van der Waals surface area contributed by atoms with Crippen LogP contribution in [0.3, 0.4) is 0 Å². The fourth-order valence-corrected chi connectivity index (χ4v) is 3.13. The van der Waals surface area contributed by atoms with Gasteiger partial charge in [0.2, 0.25) is 0 Å². The number of aromatic nitrogens is 2. The van der Waals surface area contributed by atoms with E-state index in [2.05, 4.69) is 49.2 Å². The molecule has 0 aliphatic heterocycles. The molecule has 0 aliphatic rings. The lowest BCUT2D eigenvalue weighted by Crippen LogP contribution is -2.07. The Kier molecular flexibility index (Phi) is 5.10. The molecule has 1 aromatic heterocycles. The van der Waals surface area contributed by atoms with Crippen molar-refractivity contribution in [2.45, 2.75) is 19.9 Å². The third-order valence-electron chi connectivity index (χ3n) is 3.11. The van der Waals surface area contributed by atoms with Crippen molar-refractivity contribution in [1.82, 2.24) is 9.78 Å². The molecule has 4 nitrogen and oxygen atoms in total. The largest absolute Gasteiger partial charge is 0.495 e. The molecule has 0 bridgehead atoms. The number of halogens is 2. The second kappa shape index (κ2) is 6.63. The lowest BCUT2D eigenvalue weighted by Gasteiger charge is -2.12. The number of hydrogen-bond donors (Lipinski definition) is 1. The predicted molar refractivity (Wildman–Crippen MR) is 88.3 cm³/mol. The summed E-state index contributed by atoms with van der Waals surface area (Å²) in [5.41, 5.74) is 3.14. The summed E-state index contributed by atoms with van der Waals surface area (Å²) in [4.78, 5) is 0. The molecule has 1 heterocycles. The van der Waals surface area contributed by atoms with Gasteiger partial charge in [-0.05, 0) is 40.5 Å². The van der Waals surface area contributed by atoms with Gasteiger partial charge < -0.3 is 10.1 Å². The number of nitrogens with one attached hydrogen (secondary N) is 1. The van der Waals surface area contributed by atoms with E-state index in [0.29, 0.717) is 6.54 Å². The molecule has 0 amide bonds. The van der Waals surface area contributed by atoms with Gasteiger partial charge in [0.25, 0.3) is 0 Å². The van der Waals surface area contributed by atoms with Gasteiger partial charge >= 0.3 is 0 Å². The van der Waals surface area contributed by atoms with Crippen molar-refractivity contribution >= 4 is 37.5 Å². The lowest BCUT2D eigenvalue weighted by molar-refractivity contribution is 0.416. The number of benzene rings is 1. The van der Waals surface area contributed by atoms with E-state index >= 15 is 0 Å². The molecule has 0 aliphatic carbocycles. The maximum atomic E-state index is 5.36. The Labute approximate surface area is 135 Å². The maximum Gasteiger partial charge on any atom is 0.142 e. The zero-order valence-electron chi connectivity index (χ0n) is 11.7. The van der Waals surface area contributed by atoms with Gasteiger partial charge in [0.1, 0.15) is 5.75 Å². The third kappa shape index (κ3) is 3.17. The van der Waals surface area contributed by atoms with Crippen molar-refractivity contribution in [3.05, 3.63) is 38.5 Å². The highest BCUT2D eigenvalue weighted by molar-refractivity contribution is 9.10. The first kappa shape index (κ1) is 15.4. The van der Waals surface area contributed by atoms with Crippen molar-refractivity contribution in [2.24, 2.45) is 7.05 Å². The van der Waals surface area contributed by atoms with Crippen LogP contribution in [0.2, 0.25) is 0 Å². The lowest BCUT2D eigenvalue weighted by atomic mass is 10.2. The predicted octanol–water partition coefficient (Wildman–Crippen LogP) is 4.13. The number of rotatable bonds is 5. The molecule has 2 aromatic rings. The van der Waals surface area contributed by atoms with Crippen LogP contribution in [0.1, 0.15) is 18.3 Å². The molecule has 20 heavy (non-hydrogen) atoms. The Morgan fingerprint density at radius 1 is 1.35 bits per heavy atom. The van der Waals surface area contributed by atoms with Gasteiger partial charge in [0.05, 0.1) is 35.2 Å². The first-order valence-corrected chi connectivity index (χ1v) is 7.93. The number of nitrogens with zero attached hydrogens (tertiary/aromatic N) is 2. The Balaban J connectivity index is 2.21. The normalized spacial score (nSPS) is 10.7. The molecule has 1 N–H and O–H groups in total. The molecule has 0 saturated carbocycles. The highest BCUT2D eigenvalue weighted by Gasteiger charge is 2.13. The van der Waals surface area contributed by atoms with E-state index in [9.17, 15) is 0 Å². The van der Waals surface area contributed by atoms with Gasteiger partial charge in [-0.15, -0.1) is 0 Å². The molecule has 0 radical (unpaired) electrons. The van der Waals surface area contributed by atoms with Crippen LogP contribution >= 0.6 is 31.9 Å². The van der Waals surface area contributed by atoms with E-state index in [4.69, 9.17) is 4.74 Å². The van der Waals surface area contributed by atoms with E-state index in [1.807, 2.05) is 29.9 Å². The second-order valence-electron chi connectivity index (χ2n) is 4.38. The van der Waals surface area contributed by atoms with E-state index in [0.717, 1.165) is 38.2 Å². The average Bonchev–Trinajstić information content (AvgIpc) is 2.71. The van der Waals surface area contributed by atoms with Gasteiger partial charge in [-0.1, -0.05) is 22.9 Å². The molecule has 108 valence electrons. The fraction of sp³-hybridized carbons (Fsp3) is 0.357. The summed E-state index contributed by atoms with van der Waals surface area (Å²) >= 11 is 7.10. The minimum absolute atomic E-state index is 0.677. The molecule has 0 atom stereocenters. The van der Waals surface area contributed by atoms with Crippen molar-refractivity contribution in [3.8, 4) is 5.75 Å². The molecule has 0 fully saturated rings. The van der Waals surface area contributed by atoms with E-state index in [-0.39, 0.29) is 0 Å². The average molecular weight is 403 g/mol. The molecule has 0 spiro atoms. The summed E-state index contributed by atoms with van der Waals surface area (Å²) in [5.74, 6) is 0.821. The fourth-order valence-electron chi connectivity index (χ4n) is 2.01. The smallest absolute Gasteiger partial charge is 0.142 e. The van der Waals surface area contributed by atoms with Crippen LogP contribution in [0.5, 0.6) is 5.75 Å². The molecule has 6 heteroatoms. The number of methoxy groups -OCH3 is 1. The molecular weight excluding hydrogens is 386 g/mol. The minimum Gasteiger partial charge on any atom is -0.495 e.